The summed E-state index contributed by atoms with van der Waals surface area (Å²) < 4.78 is 0. The van der Waals surface area contributed by atoms with Crippen LogP contribution in [-0.2, 0) is 4.79 Å². The summed E-state index contributed by atoms with van der Waals surface area (Å²) in [6.07, 6.45) is 5.12. The molecule has 0 saturated carbocycles. The maximum Gasteiger partial charge on any atom is 0.220 e. The van der Waals surface area contributed by atoms with Crippen LogP contribution >= 0.6 is 0 Å². The molecule has 0 aliphatic heterocycles. The van der Waals surface area contributed by atoms with Gasteiger partial charge in [-0.25, -0.2) is 0 Å². The van der Waals surface area contributed by atoms with Gasteiger partial charge in [0.1, 0.15) is 0 Å². The van der Waals surface area contributed by atoms with Crippen molar-refractivity contribution in [3.8, 4) is 0 Å². The van der Waals surface area contributed by atoms with Gasteiger partial charge in [0.2, 0.25) is 5.78 Å². The summed E-state index contributed by atoms with van der Waals surface area (Å²) in [5, 5.41) is 9.73. The van der Waals surface area contributed by atoms with E-state index in [0.717, 1.165) is 16.7 Å². The van der Waals surface area contributed by atoms with Crippen molar-refractivity contribution in [1.82, 2.24) is 0 Å². The third kappa shape index (κ3) is 1.02. The fourth-order valence-corrected chi connectivity index (χ4v) is 2.01. The highest BCUT2D eigenvalue weighted by Gasteiger charge is 2.26. The second-order valence-electron chi connectivity index (χ2n) is 3.61. The molecule has 15 heavy (non-hydrogen) atoms. The number of ketones is 1. The lowest BCUT2D eigenvalue weighted by Crippen LogP contribution is -2.05. The van der Waals surface area contributed by atoms with E-state index in [1.165, 1.54) is 6.08 Å². The number of allylic oxidation sites excluding steroid dienone is 4. The minimum atomic E-state index is -0.321. The first kappa shape index (κ1) is 8.24. The van der Waals surface area contributed by atoms with Gasteiger partial charge >= 0.3 is 0 Å². The molecule has 0 spiro atoms. The lowest BCUT2D eigenvalue weighted by atomic mass is 9.96. The quantitative estimate of drug-likeness (QED) is 0.692. The zero-order chi connectivity index (χ0) is 10.4. The predicted octanol–water partition coefficient (Wildman–Crippen LogP) is 2.49. The van der Waals surface area contributed by atoms with Gasteiger partial charge in [0.25, 0.3) is 0 Å². The van der Waals surface area contributed by atoms with Gasteiger partial charge in [-0.2, -0.15) is 0 Å². The van der Waals surface area contributed by atoms with E-state index in [2.05, 4.69) is 0 Å². The van der Waals surface area contributed by atoms with E-state index in [9.17, 15) is 9.90 Å². The Bertz CT molecular complexity index is 560. The van der Waals surface area contributed by atoms with Crippen molar-refractivity contribution in [2.24, 2.45) is 0 Å². The normalized spacial score (nSPS) is 17.6. The molecule has 0 heterocycles. The Morgan fingerprint density at radius 3 is 2.73 bits per heavy atom. The summed E-state index contributed by atoms with van der Waals surface area (Å²) in [4.78, 5) is 11.3. The molecule has 0 aromatic heterocycles. The number of aliphatic hydroxyl groups is 1. The Labute approximate surface area is 86.9 Å². The molecule has 0 saturated heterocycles. The first-order valence-electron chi connectivity index (χ1n) is 4.74. The highest BCUT2D eigenvalue weighted by Crippen LogP contribution is 2.39. The van der Waals surface area contributed by atoms with E-state index < -0.39 is 0 Å². The highest BCUT2D eigenvalue weighted by molar-refractivity contribution is 6.16. The van der Waals surface area contributed by atoms with Gasteiger partial charge in [-0.15, -0.1) is 0 Å². The van der Waals surface area contributed by atoms with E-state index in [0.29, 0.717) is 5.57 Å². The Kier molecular flexibility index (Phi) is 1.48. The van der Waals surface area contributed by atoms with Crippen LogP contribution in [0.15, 0.2) is 47.7 Å². The van der Waals surface area contributed by atoms with Crippen molar-refractivity contribution in [3.05, 3.63) is 58.9 Å². The summed E-state index contributed by atoms with van der Waals surface area (Å²) >= 11 is 0. The van der Waals surface area contributed by atoms with Crippen molar-refractivity contribution < 1.29 is 9.90 Å². The molecule has 1 N–H and O–H groups in total. The van der Waals surface area contributed by atoms with Gasteiger partial charge in [0.05, 0.1) is 0 Å². The highest BCUT2D eigenvalue weighted by atomic mass is 16.3. The fraction of sp³-hybridized carbons (Fsp3) is 0. The SMILES string of the molecule is O=C1C=CC2=Cc3ccccc3C2=C1O. The van der Waals surface area contributed by atoms with Crippen molar-refractivity contribution in [1.29, 1.82) is 0 Å². The number of rotatable bonds is 0. The number of carbonyl (C=O) groups excluding carboxylic acids is 1. The topological polar surface area (TPSA) is 37.3 Å². The maximum absolute atomic E-state index is 11.3. The number of fused-ring (bicyclic) bond motifs is 3. The predicted molar refractivity (Wildman–Crippen MR) is 58.1 cm³/mol. The van der Waals surface area contributed by atoms with Crippen LogP contribution in [0.1, 0.15) is 11.1 Å². The van der Waals surface area contributed by atoms with Crippen LogP contribution < -0.4 is 0 Å². The van der Waals surface area contributed by atoms with Crippen molar-refractivity contribution in [2.45, 2.75) is 0 Å². The monoisotopic (exact) mass is 196 g/mol. The number of carbonyl (C=O) groups is 1. The molecule has 1 aromatic carbocycles. The molecular formula is C13H8O2. The van der Waals surface area contributed by atoms with Crippen LogP contribution in [0.5, 0.6) is 0 Å². The third-order valence-corrected chi connectivity index (χ3v) is 2.71. The van der Waals surface area contributed by atoms with Crippen molar-refractivity contribution in [2.75, 3.05) is 0 Å². The molecule has 2 aliphatic carbocycles. The molecule has 0 fully saturated rings. The van der Waals surface area contributed by atoms with Crippen LogP contribution in [0.25, 0.3) is 11.6 Å². The summed E-state index contributed by atoms with van der Waals surface area (Å²) in [5.74, 6) is -0.465. The first-order chi connectivity index (χ1) is 7.27. The van der Waals surface area contributed by atoms with Crippen LogP contribution in [0, 0.1) is 0 Å². The Morgan fingerprint density at radius 2 is 1.87 bits per heavy atom. The Hall–Kier alpha value is -2.09. The van der Waals surface area contributed by atoms with Crippen LogP contribution in [0.3, 0.4) is 0 Å². The van der Waals surface area contributed by atoms with Gasteiger partial charge in [-0.3, -0.25) is 4.79 Å². The fourth-order valence-electron chi connectivity index (χ4n) is 2.01. The number of hydrogen-bond acceptors (Lipinski definition) is 2. The average molecular weight is 196 g/mol. The number of aliphatic hydroxyl groups excluding tert-OH is 1. The minimum Gasteiger partial charge on any atom is -0.504 e. The van der Waals surface area contributed by atoms with E-state index in [-0.39, 0.29) is 11.5 Å². The summed E-state index contributed by atoms with van der Waals surface area (Å²) in [6.45, 7) is 0. The largest absolute Gasteiger partial charge is 0.504 e. The lowest BCUT2D eigenvalue weighted by Gasteiger charge is -2.09. The first-order valence-corrected chi connectivity index (χ1v) is 4.74. The van der Waals surface area contributed by atoms with Gasteiger partial charge in [0, 0.05) is 5.57 Å². The minimum absolute atomic E-state index is 0.145. The number of hydrogen-bond donors (Lipinski definition) is 1. The van der Waals surface area contributed by atoms with Gasteiger partial charge < -0.3 is 5.11 Å². The van der Waals surface area contributed by atoms with E-state index in [1.807, 2.05) is 30.3 Å². The van der Waals surface area contributed by atoms with E-state index >= 15 is 0 Å². The van der Waals surface area contributed by atoms with Crippen LogP contribution in [-0.4, -0.2) is 10.9 Å². The molecule has 0 bridgehead atoms. The standard InChI is InChI=1S/C13H8O2/c14-11-6-5-9-7-8-3-1-2-4-10(8)12(9)13(11)15/h1-7,15H. The summed E-state index contributed by atoms with van der Waals surface area (Å²) in [6, 6.07) is 7.73. The molecule has 2 nitrogen and oxygen atoms in total. The molecule has 72 valence electrons. The van der Waals surface area contributed by atoms with E-state index in [1.54, 1.807) is 6.08 Å². The second-order valence-corrected chi connectivity index (χ2v) is 3.61. The second kappa shape index (κ2) is 2.70. The molecule has 0 amide bonds. The van der Waals surface area contributed by atoms with E-state index in [4.69, 9.17) is 0 Å². The van der Waals surface area contributed by atoms with Gasteiger partial charge in [0.15, 0.2) is 5.76 Å². The number of benzene rings is 1. The van der Waals surface area contributed by atoms with Crippen molar-refractivity contribution >= 4 is 17.4 Å². The molecule has 0 unspecified atom stereocenters. The molecule has 1 aromatic rings. The van der Waals surface area contributed by atoms with Crippen LogP contribution in [0.4, 0.5) is 0 Å². The van der Waals surface area contributed by atoms with Gasteiger partial charge in [-0.05, 0) is 28.9 Å². The summed E-state index contributed by atoms with van der Waals surface area (Å²) in [7, 11) is 0. The molecule has 0 radical (unpaired) electrons. The average Bonchev–Trinajstić information content (AvgIpc) is 2.62. The van der Waals surface area contributed by atoms with Crippen LogP contribution in [0.2, 0.25) is 0 Å². The molecular weight excluding hydrogens is 188 g/mol. The summed E-state index contributed by atoms with van der Waals surface area (Å²) in [5.41, 5.74) is 3.56. The molecule has 2 aliphatic rings. The molecule has 2 heteroatoms. The maximum atomic E-state index is 11.3. The Morgan fingerprint density at radius 1 is 1.07 bits per heavy atom. The molecule has 3 rings (SSSR count). The molecule has 0 atom stereocenters. The zero-order valence-electron chi connectivity index (χ0n) is 7.90. The lowest BCUT2D eigenvalue weighted by molar-refractivity contribution is -0.113. The zero-order valence-corrected chi connectivity index (χ0v) is 7.90. The van der Waals surface area contributed by atoms with Gasteiger partial charge in [-0.1, -0.05) is 30.3 Å². The van der Waals surface area contributed by atoms with Crippen molar-refractivity contribution in [3.63, 3.8) is 0 Å². The smallest absolute Gasteiger partial charge is 0.220 e. The third-order valence-electron chi connectivity index (χ3n) is 2.71. The Balaban J connectivity index is 2.33.